The van der Waals surface area contributed by atoms with E-state index in [1.165, 1.54) is 11.1 Å². The van der Waals surface area contributed by atoms with Crippen molar-refractivity contribution >= 4 is 11.7 Å². The van der Waals surface area contributed by atoms with E-state index in [0.29, 0.717) is 24.1 Å². The molecule has 2 aliphatic rings. The van der Waals surface area contributed by atoms with E-state index in [2.05, 4.69) is 52.0 Å². The van der Waals surface area contributed by atoms with Crippen LogP contribution in [0.1, 0.15) is 22.9 Å². The van der Waals surface area contributed by atoms with Gasteiger partial charge >= 0.3 is 0 Å². The Balaban J connectivity index is 1.64. The molecule has 0 unspecified atom stereocenters. The molecule has 1 amide bonds. The van der Waals surface area contributed by atoms with Crippen LogP contribution < -0.4 is 4.90 Å². The Morgan fingerprint density at radius 1 is 1.17 bits per heavy atom. The van der Waals surface area contributed by atoms with Gasteiger partial charge in [0.2, 0.25) is 5.91 Å². The maximum absolute atomic E-state index is 13.0. The van der Waals surface area contributed by atoms with Crippen molar-refractivity contribution in [3.63, 3.8) is 0 Å². The summed E-state index contributed by atoms with van der Waals surface area (Å²) >= 11 is 0. The lowest BCUT2D eigenvalue weighted by atomic mass is 9.87. The number of likely N-dealkylation sites (tertiary alicyclic amines) is 1. The van der Waals surface area contributed by atoms with Crippen LogP contribution in [-0.4, -0.2) is 61.0 Å². The molecule has 29 heavy (non-hydrogen) atoms. The number of nitrogens with zero attached hydrogens (tertiary/aromatic N) is 5. The molecule has 2 aliphatic heterocycles. The van der Waals surface area contributed by atoms with Crippen molar-refractivity contribution in [2.45, 2.75) is 13.0 Å². The van der Waals surface area contributed by atoms with Crippen molar-refractivity contribution in [1.29, 1.82) is 5.26 Å². The lowest BCUT2D eigenvalue weighted by molar-refractivity contribution is -0.133. The number of amides is 1. The fourth-order valence-electron chi connectivity index (χ4n) is 4.83. The number of benzene rings is 1. The van der Waals surface area contributed by atoms with E-state index in [1.807, 2.05) is 31.1 Å². The third kappa shape index (κ3) is 3.70. The molecule has 0 aliphatic carbocycles. The monoisotopic (exact) mass is 389 g/mol. The number of carbonyl (C=O) groups is 1. The fraction of sp³-hybridized carbons (Fsp3) is 0.435. The molecule has 0 saturated carbocycles. The summed E-state index contributed by atoms with van der Waals surface area (Å²) in [5.74, 6) is 1.80. The third-order valence-electron chi connectivity index (χ3n) is 6.12. The zero-order valence-corrected chi connectivity index (χ0v) is 17.2. The molecule has 3 atom stereocenters. The summed E-state index contributed by atoms with van der Waals surface area (Å²) in [7, 11) is 3.88. The Bertz CT molecular complexity index is 950. The van der Waals surface area contributed by atoms with E-state index in [1.54, 1.807) is 6.07 Å². The lowest BCUT2D eigenvalue weighted by Crippen LogP contribution is -2.40. The third-order valence-corrected chi connectivity index (χ3v) is 6.12. The van der Waals surface area contributed by atoms with E-state index in [4.69, 9.17) is 0 Å². The fourth-order valence-corrected chi connectivity index (χ4v) is 4.83. The summed E-state index contributed by atoms with van der Waals surface area (Å²) in [4.78, 5) is 23.8. The number of aryl methyl sites for hydroxylation is 1. The molecule has 0 spiro atoms. The summed E-state index contributed by atoms with van der Waals surface area (Å²) < 4.78 is 0. The minimum Gasteiger partial charge on any atom is -0.356 e. The van der Waals surface area contributed by atoms with Gasteiger partial charge < -0.3 is 14.7 Å². The first-order chi connectivity index (χ1) is 14.0. The first-order valence-corrected chi connectivity index (χ1v) is 10.1. The predicted octanol–water partition coefficient (Wildman–Crippen LogP) is 2.46. The number of likely N-dealkylation sites (N-methyl/N-ethyl adjacent to an activating group) is 1. The number of hydrogen-bond acceptors (Lipinski definition) is 5. The van der Waals surface area contributed by atoms with Crippen molar-refractivity contribution in [3.8, 4) is 6.07 Å². The van der Waals surface area contributed by atoms with Gasteiger partial charge in [-0.2, -0.15) is 5.26 Å². The number of fused-ring (bicyclic) bond motifs is 1. The van der Waals surface area contributed by atoms with Gasteiger partial charge in [-0.25, -0.2) is 4.98 Å². The van der Waals surface area contributed by atoms with Crippen molar-refractivity contribution in [2.24, 2.45) is 11.8 Å². The Hall–Kier alpha value is -2.91. The molecule has 1 aromatic carbocycles. The molecule has 2 fully saturated rings. The quantitative estimate of drug-likeness (QED) is 0.804. The van der Waals surface area contributed by atoms with Gasteiger partial charge in [-0.05, 0) is 44.3 Å². The minimum absolute atomic E-state index is 0.0813. The Kier molecular flexibility index (Phi) is 5.25. The highest BCUT2D eigenvalue weighted by Crippen LogP contribution is 2.46. The Morgan fingerprint density at radius 3 is 2.69 bits per heavy atom. The van der Waals surface area contributed by atoms with Crippen LogP contribution in [0.25, 0.3) is 0 Å². The number of rotatable bonds is 4. The molecule has 0 radical (unpaired) electrons. The van der Waals surface area contributed by atoms with Crippen LogP contribution in [-0.2, 0) is 4.79 Å². The van der Waals surface area contributed by atoms with Crippen molar-refractivity contribution in [2.75, 3.05) is 45.2 Å². The second-order valence-corrected chi connectivity index (χ2v) is 8.41. The second-order valence-electron chi connectivity index (χ2n) is 8.41. The average molecular weight is 390 g/mol. The van der Waals surface area contributed by atoms with Crippen LogP contribution in [0.3, 0.4) is 0 Å². The first kappa shape index (κ1) is 19.4. The lowest BCUT2D eigenvalue weighted by Gasteiger charge is -2.32. The Labute approximate surface area is 172 Å². The second kappa shape index (κ2) is 7.84. The normalized spacial score (nSPS) is 23.3. The highest BCUT2D eigenvalue weighted by molar-refractivity contribution is 5.79. The molecule has 150 valence electrons. The van der Waals surface area contributed by atoms with E-state index in [0.717, 1.165) is 25.5 Å². The minimum atomic E-state index is 0.0813. The molecule has 1 aromatic heterocycles. The van der Waals surface area contributed by atoms with Gasteiger partial charge in [0.05, 0.1) is 12.6 Å². The molecule has 2 saturated heterocycles. The molecule has 2 aromatic rings. The molecule has 6 nitrogen and oxygen atoms in total. The zero-order valence-electron chi connectivity index (χ0n) is 17.2. The number of anilines is 1. The van der Waals surface area contributed by atoms with Crippen LogP contribution >= 0.6 is 0 Å². The largest absolute Gasteiger partial charge is 0.356 e. The first-order valence-electron chi connectivity index (χ1n) is 10.1. The SMILES string of the molecule is Cc1ccccc1[C@H]1[C@@H]2CN(c3cccc(C#N)n3)C[C@@H]2CN1C(=O)CN(C)C. The summed E-state index contributed by atoms with van der Waals surface area (Å²) in [6, 6.07) is 16.2. The summed E-state index contributed by atoms with van der Waals surface area (Å²) in [5.41, 5.74) is 2.91. The van der Waals surface area contributed by atoms with Crippen molar-refractivity contribution in [3.05, 3.63) is 59.3 Å². The van der Waals surface area contributed by atoms with E-state index >= 15 is 0 Å². The van der Waals surface area contributed by atoms with Crippen LogP contribution in [0.5, 0.6) is 0 Å². The molecule has 0 N–H and O–H groups in total. The van der Waals surface area contributed by atoms with Crippen molar-refractivity contribution < 1.29 is 4.79 Å². The molecule has 0 bridgehead atoms. The molecular weight excluding hydrogens is 362 g/mol. The number of aromatic nitrogens is 1. The van der Waals surface area contributed by atoms with Gasteiger partial charge in [0.1, 0.15) is 17.6 Å². The van der Waals surface area contributed by atoms with Gasteiger partial charge in [0.25, 0.3) is 0 Å². The van der Waals surface area contributed by atoms with E-state index in [-0.39, 0.29) is 11.9 Å². The maximum Gasteiger partial charge on any atom is 0.237 e. The molecule has 6 heteroatoms. The summed E-state index contributed by atoms with van der Waals surface area (Å²) in [6.07, 6.45) is 0. The summed E-state index contributed by atoms with van der Waals surface area (Å²) in [6.45, 7) is 5.03. The maximum atomic E-state index is 13.0. The topological polar surface area (TPSA) is 63.5 Å². The van der Waals surface area contributed by atoms with Gasteiger partial charge in [0, 0.05) is 31.5 Å². The highest BCUT2D eigenvalue weighted by atomic mass is 16.2. The van der Waals surface area contributed by atoms with Gasteiger partial charge in [-0.15, -0.1) is 0 Å². The standard InChI is InChI=1S/C23H27N5O/c1-16-7-4-5-9-19(16)23-20-14-27(21-10-6-8-18(11-24)25-21)12-17(20)13-28(23)22(29)15-26(2)3/h4-10,17,20,23H,12-15H2,1-3H3/t17-,20-,23+/m1/s1. The van der Waals surface area contributed by atoms with E-state index < -0.39 is 0 Å². The Morgan fingerprint density at radius 2 is 1.97 bits per heavy atom. The average Bonchev–Trinajstić information content (AvgIpc) is 3.26. The van der Waals surface area contributed by atoms with Gasteiger partial charge in [-0.1, -0.05) is 30.3 Å². The molecule has 4 rings (SSSR count). The molecule has 3 heterocycles. The van der Waals surface area contributed by atoms with Gasteiger partial charge in [0.15, 0.2) is 0 Å². The van der Waals surface area contributed by atoms with Crippen LogP contribution in [0.15, 0.2) is 42.5 Å². The predicted molar refractivity (Wildman–Crippen MR) is 112 cm³/mol. The molecular formula is C23H27N5O. The number of pyridine rings is 1. The van der Waals surface area contributed by atoms with Crippen LogP contribution in [0.2, 0.25) is 0 Å². The zero-order chi connectivity index (χ0) is 20.5. The van der Waals surface area contributed by atoms with Crippen LogP contribution in [0, 0.1) is 30.1 Å². The van der Waals surface area contributed by atoms with E-state index in [9.17, 15) is 10.1 Å². The smallest absolute Gasteiger partial charge is 0.237 e. The highest BCUT2D eigenvalue weighted by Gasteiger charge is 2.49. The van der Waals surface area contributed by atoms with Crippen molar-refractivity contribution in [1.82, 2.24) is 14.8 Å². The number of hydrogen-bond donors (Lipinski definition) is 0. The summed E-state index contributed by atoms with van der Waals surface area (Å²) in [5, 5.41) is 9.18. The van der Waals surface area contributed by atoms with Gasteiger partial charge in [-0.3, -0.25) is 4.79 Å². The number of carbonyl (C=O) groups excluding carboxylic acids is 1. The number of nitriles is 1. The van der Waals surface area contributed by atoms with Crippen LogP contribution in [0.4, 0.5) is 5.82 Å².